The van der Waals surface area contributed by atoms with Crippen molar-refractivity contribution in [1.82, 2.24) is 23.7 Å². The summed E-state index contributed by atoms with van der Waals surface area (Å²) in [5.74, 6) is -0.548. The maximum absolute atomic E-state index is 12.1. The Kier molecular flexibility index (Phi) is 2.15. The summed E-state index contributed by atoms with van der Waals surface area (Å²) in [4.78, 5) is 39.6. The molecule has 8 heteroatoms. The molecule has 0 radical (unpaired) electrons. The van der Waals surface area contributed by atoms with Gasteiger partial charge in [0.15, 0.2) is 5.65 Å². The van der Waals surface area contributed by atoms with Crippen molar-refractivity contribution >= 4 is 22.7 Å². The Morgan fingerprint density at radius 1 is 1.26 bits per heavy atom. The normalized spacial score (nSPS) is 11.3. The third-order valence-corrected chi connectivity index (χ3v) is 2.90. The van der Waals surface area contributed by atoms with Crippen molar-refractivity contribution in [2.24, 2.45) is 7.05 Å². The van der Waals surface area contributed by atoms with Gasteiger partial charge in [0.1, 0.15) is 0 Å². The molecule has 8 nitrogen and oxygen atoms in total. The Bertz CT molecular complexity index is 947. The number of aryl methyl sites for hydroxylation is 1. The second-order valence-electron chi connectivity index (χ2n) is 4.08. The van der Waals surface area contributed by atoms with E-state index in [1.807, 2.05) is 0 Å². The molecule has 0 N–H and O–H groups in total. The van der Waals surface area contributed by atoms with Crippen molar-refractivity contribution in [2.75, 3.05) is 0 Å². The smallest absolute Gasteiger partial charge is 0.291 e. The van der Waals surface area contributed by atoms with E-state index in [9.17, 15) is 14.4 Å². The summed E-state index contributed by atoms with van der Waals surface area (Å²) in [5.41, 5.74) is -0.466. The summed E-state index contributed by atoms with van der Waals surface area (Å²) >= 11 is 0. The molecule has 0 fully saturated rings. The Balaban J connectivity index is 2.72. The van der Waals surface area contributed by atoms with Crippen molar-refractivity contribution in [2.45, 2.75) is 6.92 Å². The van der Waals surface area contributed by atoms with E-state index in [4.69, 9.17) is 0 Å². The molecule has 3 aromatic rings. The molecule has 0 amide bonds. The Morgan fingerprint density at radius 3 is 2.68 bits per heavy atom. The number of carbonyl (C=O) groups excluding carboxylic acids is 1. The molecule has 0 atom stereocenters. The first-order valence-electron chi connectivity index (χ1n) is 5.49. The predicted octanol–water partition coefficient (Wildman–Crippen LogP) is -0.597. The SMILES string of the molecule is CC(=O)n1nc2c(=O)n(C)c3ncccc3n2c1=O. The lowest BCUT2D eigenvalue weighted by Gasteiger charge is -2.03. The average molecular weight is 259 g/mol. The number of pyridine rings is 1. The number of nitrogens with zero attached hydrogens (tertiary/aromatic N) is 5. The molecule has 0 bridgehead atoms. The molecule has 0 aliphatic carbocycles. The van der Waals surface area contributed by atoms with Gasteiger partial charge in [0, 0.05) is 20.2 Å². The molecule has 0 aliphatic heterocycles. The maximum Gasteiger partial charge on any atom is 0.358 e. The van der Waals surface area contributed by atoms with E-state index in [1.54, 1.807) is 12.1 Å². The van der Waals surface area contributed by atoms with Crippen LogP contribution in [0.2, 0.25) is 0 Å². The predicted molar refractivity (Wildman–Crippen MR) is 66.3 cm³/mol. The van der Waals surface area contributed by atoms with Gasteiger partial charge in [0.2, 0.25) is 11.6 Å². The zero-order chi connectivity index (χ0) is 13.7. The number of carbonyl (C=O) groups is 1. The number of rotatable bonds is 0. The lowest BCUT2D eigenvalue weighted by atomic mass is 10.4. The van der Waals surface area contributed by atoms with E-state index in [1.165, 1.54) is 24.7 Å². The zero-order valence-electron chi connectivity index (χ0n) is 10.2. The monoisotopic (exact) mass is 259 g/mol. The molecule has 96 valence electrons. The molecule has 0 aromatic carbocycles. The lowest BCUT2D eigenvalue weighted by Crippen LogP contribution is -2.27. The van der Waals surface area contributed by atoms with Crippen LogP contribution in [-0.2, 0) is 7.05 Å². The molecule has 19 heavy (non-hydrogen) atoms. The summed E-state index contributed by atoms with van der Waals surface area (Å²) in [6.07, 6.45) is 1.52. The van der Waals surface area contributed by atoms with E-state index in [0.29, 0.717) is 15.8 Å². The van der Waals surface area contributed by atoms with Crippen molar-refractivity contribution < 1.29 is 4.79 Å². The Labute approximate surface area is 105 Å². The molecule has 0 spiro atoms. The van der Waals surface area contributed by atoms with Gasteiger partial charge < -0.3 is 0 Å². The Hall–Kier alpha value is -2.77. The lowest BCUT2D eigenvalue weighted by molar-refractivity contribution is 0.0917. The first kappa shape index (κ1) is 11.3. The highest BCUT2D eigenvalue weighted by atomic mass is 16.2. The number of hydrogen-bond acceptors (Lipinski definition) is 5. The number of aromatic nitrogens is 5. The van der Waals surface area contributed by atoms with Gasteiger partial charge in [0.05, 0.1) is 5.52 Å². The first-order valence-corrected chi connectivity index (χ1v) is 5.49. The molecule has 3 heterocycles. The van der Waals surface area contributed by atoms with Crippen LogP contribution in [-0.4, -0.2) is 29.6 Å². The van der Waals surface area contributed by atoms with Crippen LogP contribution in [0.15, 0.2) is 27.9 Å². The van der Waals surface area contributed by atoms with Crippen LogP contribution in [0.4, 0.5) is 0 Å². The second-order valence-corrected chi connectivity index (χ2v) is 4.08. The zero-order valence-corrected chi connectivity index (χ0v) is 10.2. The van der Waals surface area contributed by atoms with Gasteiger partial charge in [-0.3, -0.25) is 14.2 Å². The Morgan fingerprint density at radius 2 is 2.00 bits per heavy atom. The molecule has 0 unspecified atom stereocenters. The van der Waals surface area contributed by atoms with Crippen LogP contribution in [0, 0.1) is 0 Å². The van der Waals surface area contributed by atoms with Crippen LogP contribution in [0.1, 0.15) is 11.7 Å². The van der Waals surface area contributed by atoms with Gasteiger partial charge in [-0.05, 0) is 12.1 Å². The van der Waals surface area contributed by atoms with Crippen molar-refractivity contribution in [1.29, 1.82) is 0 Å². The first-order chi connectivity index (χ1) is 9.02. The summed E-state index contributed by atoms with van der Waals surface area (Å²) in [6.45, 7) is 1.21. The third kappa shape index (κ3) is 1.36. The van der Waals surface area contributed by atoms with E-state index in [-0.39, 0.29) is 5.65 Å². The molecular formula is C11H9N5O3. The average Bonchev–Trinajstić information content (AvgIpc) is 2.74. The molecular weight excluding hydrogens is 250 g/mol. The molecule has 0 saturated carbocycles. The van der Waals surface area contributed by atoms with E-state index in [0.717, 1.165) is 4.40 Å². The number of hydrogen-bond donors (Lipinski definition) is 0. The van der Waals surface area contributed by atoms with Crippen LogP contribution in [0.5, 0.6) is 0 Å². The molecule has 3 aromatic heterocycles. The highest BCUT2D eigenvalue weighted by Gasteiger charge is 2.17. The van der Waals surface area contributed by atoms with Crippen LogP contribution < -0.4 is 11.2 Å². The minimum atomic E-state index is -0.668. The second kappa shape index (κ2) is 3.61. The molecule has 3 rings (SSSR count). The third-order valence-electron chi connectivity index (χ3n) is 2.90. The summed E-state index contributed by atoms with van der Waals surface area (Å²) < 4.78 is 3.07. The fraction of sp³-hybridized carbons (Fsp3) is 0.182. The van der Waals surface area contributed by atoms with Gasteiger partial charge in [-0.25, -0.2) is 14.2 Å². The standard InChI is InChI=1S/C11H9N5O3/c1-6(17)16-11(19)15-7-4-3-5-12-8(7)14(2)10(18)9(15)13-16/h3-5H,1-2H3. The van der Waals surface area contributed by atoms with Crippen LogP contribution in [0.3, 0.4) is 0 Å². The van der Waals surface area contributed by atoms with Gasteiger partial charge in [0.25, 0.3) is 5.56 Å². The highest BCUT2D eigenvalue weighted by molar-refractivity contribution is 5.77. The van der Waals surface area contributed by atoms with E-state index >= 15 is 0 Å². The summed E-state index contributed by atoms with van der Waals surface area (Å²) in [7, 11) is 1.54. The van der Waals surface area contributed by atoms with Crippen LogP contribution in [0.25, 0.3) is 16.8 Å². The highest BCUT2D eigenvalue weighted by Crippen LogP contribution is 2.07. The van der Waals surface area contributed by atoms with Gasteiger partial charge >= 0.3 is 5.69 Å². The van der Waals surface area contributed by atoms with E-state index < -0.39 is 17.2 Å². The minimum Gasteiger partial charge on any atom is -0.291 e. The van der Waals surface area contributed by atoms with Gasteiger partial charge in [-0.1, -0.05) is 0 Å². The van der Waals surface area contributed by atoms with Gasteiger partial charge in [-0.2, -0.15) is 0 Å². The van der Waals surface area contributed by atoms with Gasteiger partial charge in [-0.15, -0.1) is 9.78 Å². The quantitative estimate of drug-likeness (QED) is 0.537. The number of fused-ring (bicyclic) bond motifs is 3. The summed E-state index contributed by atoms with van der Waals surface area (Å²) in [5, 5.41) is 3.78. The molecule has 0 saturated heterocycles. The topological polar surface area (TPSA) is 91.3 Å². The van der Waals surface area contributed by atoms with Crippen molar-refractivity contribution in [3.8, 4) is 0 Å². The van der Waals surface area contributed by atoms with E-state index in [2.05, 4.69) is 10.1 Å². The minimum absolute atomic E-state index is 0.0943. The van der Waals surface area contributed by atoms with Crippen molar-refractivity contribution in [3.05, 3.63) is 39.2 Å². The van der Waals surface area contributed by atoms with Crippen LogP contribution >= 0.6 is 0 Å². The molecule has 0 aliphatic rings. The maximum atomic E-state index is 12.1. The largest absolute Gasteiger partial charge is 0.358 e. The summed E-state index contributed by atoms with van der Waals surface area (Å²) in [6, 6.07) is 3.28. The van der Waals surface area contributed by atoms with Crippen molar-refractivity contribution in [3.63, 3.8) is 0 Å². The fourth-order valence-electron chi connectivity index (χ4n) is 2.00. The fourth-order valence-corrected chi connectivity index (χ4v) is 2.00.